The van der Waals surface area contributed by atoms with Gasteiger partial charge in [-0.1, -0.05) is 6.92 Å². The van der Waals surface area contributed by atoms with Crippen LogP contribution in [-0.2, 0) is 9.53 Å². The fourth-order valence-electron chi connectivity index (χ4n) is 2.18. The Morgan fingerprint density at radius 3 is 2.80 bits per heavy atom. The third-order valence-electron chi connectivity index (χ3n) is 3.06. The number of hydrogen-bond acceptors (Lipinski definition) is 4. The van der Waals surface area contributed by atoms with Crippen LogP contribution in [0.2, 0.25) is 0 Å². The van der Waals surface area contributed by atoms with Crippen molar-refractivity contribution in [3.63, 3.8) is 0 Å². The van der Waals surface area contributed by atoms with Gasteiger partial charge in [0.25, 0.3) is 0 Å². The number of ether oxygens (including phenoxy) is 1. The first-order valence-corrected chi connectivity index (χ1v) is 5.66. The van der Waals surface area contributed by atoms with E-state index < -0.39 is 0 Å². The number of likely N-dealkylation sites (N-methyl/N-ethyl adjacent to an activating group) is 2. The highest BCUT2D eigenvalue weighted by molar-refractivity contribution is 5.69. The lowest BCUT2D eigenvalue weighted by molar-refractivity contribution is -0.142. The number of methoxy groups -OCH3 is 1. The molecule has 88 valence electrons. The first kappa shape index (κ1) is 12.5. The highest BCUT2D eigenvalue weighted by Crippen LogP contribution is 2.12. The lowest BCUT2D eigenvalue weighted by atomic mass is 10.1. The number of nitrogens with zero attached hydrogens (tertiary/aromatic N) is 2. The molecule has 4 heteroatoms. The minimum atomic E-state index is -0.103. The number of carbonyl (C=O) groups excluding carboxylic acids is 1. The smallest absolute Gasteiger partial charge is 0.307 e. The zero-order valence-corrected chi connectivity index (χ0v) is 10.0. The van der Waals surface area contributed by atoms with Crippen LogP contribution in [-0.4, -0.2) is 62.1 Å². The van der Waals surface area contributed by atoms with Gasteiger partial charge in [0.2, 0.25) is 0 Å². The molecule has 4 nitrogen and oxygen atoms in total. The van der Waals surface area contributed by atoms with Crippen molar-refractivity contribution < 1.29 is 9.53 Å². The molecule has 0 aromatic rings. The fraction of sp³-hybridized carbons (Fsp3) is 0.909. The van der Waals surface area contributed by atoms with E-state index in [-0.39, 0.29) is 5.97 Å². The molecular formula is C11H22N2O2. The van der Waals surface area contributed by atoms with Gasteiger partial charge in [0.15, 0.2) is 0 Å². The summed E-state index contributed by atoms with van der Waals surface area (Å²) in [7, 11) is 3.57. The minimum absolute atomic E-state index is 0.103. The molecule has 1 aliphatic heterocycles. The Hall–Kier alpha value is -0.610. The summed E-state index contributed by atoms with van der Waals surface area (Å²) >= 11 is 0. The third-order valence-corrected chi connectivity index (χ3v) is 3.06. The molecule has 1 unspecified atom stereocenters. The summed E-state index contributed by atoms with van der Waals surface area (Å²) in [6.07, 6.45) is 1.69. The second kappa shape index (κ2) is 6.08. The molecule has 0 aromatic carbocycles. The molecular weight excluding hydrogens is 192 g/mol. The number of carbonyl (C=O) groups is 1. The standard InChI is InChI=1S/C11H22N2O2/c1-4-13-7-5-6-12(2)9-10(13)8-11(14)15-3/h10H,4-9H2,1-3H3. The van der Waals surface area contributed by atoms with Gasteiger partial charge in [-0.3, -0.25) is 9.69 Å². The fourth-order valence-corrected chi connectivity index (χ4v) is 2.18. The molecule has 0 spiro atoms. The van der Waals surface area contributed by atoms with Crippen molar-refractivity contribution in [1.82, 2.24) is 9.80 Å². The van der Waals surface area contributed by atoms with Crippen LogP contribution in [0.3, 0.4) is 0 Å². The van der Waals surface area contributed by atoms with E-state index in [1.807, 2.05) is 0 Å². The van der Waals surface area contributed by atoms with Crippen molar-refractivity contribution in [3.05, 3.63) is 0 Å². The molecule has 0 saturated carbocycles. The molecule has 0 bridgehead atoms. The molecule has 0 N–H and O–H groups in total. The van der Waals surface area contributed by atoms with E-state index in [9.17, 15) is 4.79 Å². The van der Waals surface area contributed by atoms with Gasteiger partial charge in [-0.25, -0.2) is 0 Å². The maximum atomic E-state index is 11.3. The van der Waals surface area contributed by atoms with E-state index in [1.54, 1.807) is 0 Å². The zero-order valence-electron chi connectivity index (χ0n) is 10.0. The summed E-state index contributed by atoms with van der Waals surface area (Å²) in [4.78, 5) is 16.0. The van der Waals surface area contributed by atoms with E-state index >= 15 is 0 Å². The second-order valence-electron chi connectivity index (χ2n) is 4.18. The van der Waals surface area contributed by atoms with Crippen LogP contribution in [0, 0.1) is 0 Å². The van der Waals surface area contributed by atoms with Crippen molar-refractivity contribution in [2.75, 3.05) is 40.3 Å². The summed E-state index contributed by atoms with van der Waals surface area (Å²) in [6, 6.07) is 0.315. The van der Waals surface area contributed by atoms with E-state index in [4.69, 9.17) is 4.74 Å². The molecule has 1 aliphatic rings. The summed E-state index contributed by atoms with van der Waals surface area (Å²) in [5.41, 5.74) is 0. The molecule has 15 heavy (non-hydrogen) atoms. The van der Waals surface area contributed by atoms with Crippen molar-refractivity contribution in [2.24, 2.45) is 0 Å². The molecule has 0 aliphatic carbocycles. The van der Waals surface area contributed by atoms with Gasteiger partial charge in [-0.05, 0) is 33.1 Å². The average Bonchev–Trinajstić information content (AvgIpc) is 2.39. The molecule has 1 rings (SSSR count). The van der Waals surface area contributed by atoms with Crippen LogP contribution in [0.1, 0.15) is 19.8 Å². The van der Waals surface area contributed by atoms with Gasteiger partial charge < -0.3 is 9.64 Å². The Balaban J connectivity index is 2.57. The SMILES string of the molecule is CCN1CCCN(C)CC1CC(=O)OC. The highest BCUT2D eigenvalue weighted by Gasteiger charge is 2.24. The van der Waals surface area contributed by atoms with Crippen LogP contribution < -0.4 is 0 Å². The third kappa shape index (κ3) is 3.80. The quantitative estimate of drug-likeness (QED) is 0.643. The van der Waals surface area contributed by atoms with E-state index in [1.165, 1.54) is 13.5 Å². The predicted octanol–water partition coefficient (Wildman–Crippen LogP) is 0.575. The van der Waals surface area contributed by atoms with Crippen LogP contribution in [0.25, 0.3) is 0 Å². The maximum absolute atomic E-state index is 11.3. The monoisotopic (exact) mass is 214 g/mol. The van der Waals surface area contributed by atoms with Gasteiger partial charge in [0, 0.05) is 12.6 Å². The van der Waals surface area contributed by atoms with Crippen molar-refractivity contribution in [1.29, 1.82) is 0 Å². The first-order chi connectivity index (χ1) is 7.17. The first-order valence-electron chi connectivity index (χ1n) is 5.66. The highest BCUT2D eigenvalue weighted by atomic mass is 16.5. The molecule has 1 saturated heterocycles. The summed E-state index contributed by atoms with van der Waals surface area (Å²) in [5.74, 6) is -0.103. The number of hydrogen-bond donors (Lipinski definition) is 0. The Kier molecular flexibility index (Phi) is 5.05. The van der Waals surface area contributed by atoms with Crippen molar-refractivity contribution in [3.8, 4) is 0 Å². The summed E-state index contributed by atoms with van der Waals surface area (Å²) in [6.45, 7) is 6.32. The van der Waals surface area contributed by atoms with E-state index in [0.29, 0.717) is 12.5 Å². The molecule has 0 radical (unpaired) electrons. The average molecular weight is 214 g/mol. The molecule has 0 amide bonds. The number of esters is 1. The van der Waals surface area contributed by atoms with Crippen LogP contribution in [0.5, 0.6) is 0 Å². The van der Waals surface area contributed by atoms with Crippen molar-refractivity contribution in [2.45, 2.75) is 25.8 Å². The second-order valence-corrected chi connectivity index (χ2v) is 4.18. The summed E-state index contributed by atoms with van der Waals surface area (Å²) in [5, 5.41) is 0. The van der Waals surface area contributed by atoms with Crippen LogP contribution in [0.4, 0.5) is 0 Å². The maximum Gasteiger partial charge on any atom is 0.307 e. The van der Waals surface area contributed by atoms with Gasteiger partial charge >= 0.3 is 5.97 Å². The van der Waals surface area contributed by atoms with Crippen LogP contribution in [0.15, 0.2) is 0 Å². The molecule has 1 fully saturated rings. The Labute approximate surface area is 92.2 Å². The zero-order chi connectivity index (χ0) is 11.3. The van der Waals surface area contributed by atoms with Gasteiger partial charge in [-0.2, -0.15) is 0 Å². The molecule has 0 aromatic heterocycles. The topological polar surface area (TPSA) is 32.8 Å². The predicted molar refractivity (Wildman–Crippen MR) is 59.8 cm³/mol. The van der Waals surface area contributed by atoms with Crippen LogP contribution >= 0.6 is 0 Å². The Morgan fingerprint density at radius 1 is 1.47 bits per heavy atom. The van der Waals surface area contributed by atoms with Gasteiger partial charge in [-0.15, -0.1) is 0 Å². The normalized spacial score (nSPS) is 24.9. The Bertz CT molecular complexity index is 209. The van der Waals surface area contributed by atoms with E-state index in [0.717, 1.165) is 26.2 Å². The van der Waals surface area contributed by atoms with Gasteiger partial charge in [0.1, 0.15) is 0 Å². The Morgan fingerprint density at radius 2 is 2.20 bits per heavy atom. The minimum Gasteiger partial charge on any atom is -0.469 e. The lowest BCUT2D eigenvalue weighted by Gasteiger charge is -2.28. The van der Waals surface area contributed by atoms with Gasteiger partial charge in [0.05, 0.1) is 13.5 Å². The largest absolute Gasteiger partial charge is 0.469 e. The number of rotatable bonds is 3. The molecule has 1 heterocycles. The molecule has 1 atom stereocenters. The lowest BCUT2D eigenvalue weighted by Crippen LogP contribution is -2.41. The van der Waals surface area contributed by atoms with E-state index in [2.05, 4.69) is 23.8 Å². The summed E-state index contributed by atoms with van der Waals surface area (Å²) < 4.78 is 4.74. The van der Waals surface area contributed by atoms with Crippen molar-refractivity contribution >= 4 is 5.97 Å².